The lowest BCUT2D eigenvalue weighted by Crippen LogP contribution is -2.24. The fourth-order valence-corrected chi connectivity index (χ4v) is 4.02. The fraction of sp³-hybridized carbons (Fsp3) is 0.765. The van der Waals surface area contributed by atoms with Gasteiger partial charge in [-0.15, -0.1) is 11.3 Å². The smallest absolute Gasteiger partial charge is 0.0590 e. The van der Waals surface area contributed by atoms with E-state index in [4.69, 9.17) is 11.6 Å². The highest BCUT2D eigenvalue weighted by molar-refractivity contribution is 7.10. The molecule has 3 heteroatoms. The van der Waals surface area contributed by atoms with Gasteiger partial charge in [0.1, 0.15) is 0 Å². The summed E-state index contributed by atoms with van der Waals surface area (Å²) in [6.45, 7) is 9.99. The Balaban J connectivity index is 2.75. The summed E-state index contributed by atoms with van der Waals surface area (Å²) in [7, 11) is 0. The van der Waals surface area contributed by atoms with Crippen LogP contribution in [-0.2, 0) is 0 Å². The van der Waals surface area contributed by atoms with Crippen molar-refractivity contribution in [2.75, 3.05) is 6.54 Å². The van der Waals surface area contributed by atoms with E-state index in [1.165, 1.54) is 49.0 Å². The quantitative estimate of drug-likeness (QED) is 0.530. The Hall–Kier alpha value is -0.0500. The summed E-state index contributed by atoms with van der Waals surface area (Å²) < 4.78 is 0. The van der Waals surface area contributed by atoms with Crippen LogP contribution < -0.4 is 5.32 Å². The fourth-order valence-electron chi connectivity index (χ4n) is 2.60. The molecule has 1 rings (SSSR count). The third kappa shape index (κ3) is 5.38. The SMILES string of the molecule is CCCCC(CC)CC(NCCC)c1scc(C)c1Cl. The maximum atomic E-state index is 6.48. The van der Waals surface area contributed by atoms with Crippen LogP contribution in [0.3, 0.4) is 0 Å². The van der Waals surface area contributed by atoms with E-state index in [9.17, 15) is 0 Å². The normalized spacial score (nSPS) is 14.4. The van der Waals surface area contributed by atoms with E-state index < -0.39 is 0 Å². The number of thiophene rings is 1. The highest BCUT2D eigenvalue weighted by Gasteiger charge is 2.21. The number of unbranched alkanes of at least 4 members (excludes halogenated alkanes) is 1. The van der Waals surface area contributed by atoms with Crippen LogP contribution in [0.4, 0.5) is 0 Å². The van der Waals surface area contributed by atoms with Crippen LogP contribution in [0.1, 0.15) is 75.8 Å². The molecule has 1 N–H and O–H groups in total. The van der Waals surface area contributed by atoms with Crippen molar-refractivity contribution in [1.29, 1.82) is 0 Å². The van der Waals surface area contributed by atoms with Crippen LogP contribution in [0.5, 0.6) is 0 Å². The second kappa shape index (κ2) is 9.81. The van der Waals surface area contributed by atoms with Gasteiger partial charge in [0, 0.05) is 10.9 Å². The summed E-state index contributed by atoms with van der Waals surface area (Å²) in [4.78, 5) is 1.34. The summed E-state index contributed by atoms with van der Waals surface area (Å²) in [5.74, 6) is 0.808. The first-order valence-corrected chi connectivity index (χ1v) is 9.36. The molecule has 0 bridgehead atoms. The van der Waals surface area contributed by atoms with E-state index >= 15 is 0 Å². The van der Waals surface area contributed by atoms with Gasteiger partial charge in [0.05, 0.1) is 5.02 Å². The molecule has 0 spiro atoms. The van der Waals surface area contributed by atoms with E-state index in [-0.39, 0.29) is 0 Å². The maximum Gasteiger partial charge on any atom is 0.0590 e. The molecule has 0 radical (unpaired) electrons. The molecule has 1 heterocycles. The molecule has 0 aliphatic carbocycles. The number of hydrogen-bond donors (Lipinski definition) is 1. The van der Waals surface area contributed by atoms with Crippen molar-refractivity contribution in [3.05, 3.63) is 20.8 Å². The third-order valence-electron chi connectivity index (χ3n) is 3.99. The molecule has 1 aromatic heterocycles. The first kappa shape index (κ1) is 18.0. The molecular formula is C17H30ClNS. The number of hydrogen-bond acceptors (Lipinski definition) is 2. The first-order chi connectivity index (χ1) is 9.63. The highest BCUT2D eigenvalue weighted by Crippen LogP contribution is 2.36. The molecule has 0 aliphatic rings. The highest BCUT2D eigenvalue weighted by atomic mass is 35.5. The van der Waals surface area contributed by atoms with Gasteiger partial charge in [0.25, 0.3) is 0 Å². The largest absolute Gasteiger partial charge is 0.309 e. The van der Waals surface area contributed by atoms with Gasteiger partial charge in [-0.25, -0.2) is 0 Å². The van der Waals surface area contributed by atoms with Gasteiger partial charge in [-0.3, -0.25) is 0 Å². The molecule has 0 aromatic carbocycles. The van der Waals surface area contributed by atoms with Gasteiger partial charge < -0.3 is 5.32 Å². The second-order valence-electron chi connectivity index (χ2n) is 5.76. The van der Waals surface area contributed by atoms with Crippen molar-refractivity contribution in [1.82, 2.24) is 5.32 Å². The first-order valence-electron chi connectivity index (χ1n) is 8.10. The molecule has 1 nitrogen and oxygen atoms in total. The van der Waals surface area contributed by atoms with E-state index in [1.54, 1.807) is 0 Å². The predicted molar refractivity (Wildman–Crippen MR) is 93.0 cm³/mol. The molecular weight excluding hydrogens is 286 g/mol. The molecule has 0 aliphatic heterocycles. The number of rotatable bonds is 10. The number of halogens is 1. The summed E-state index contributed by atoms with van der Waals surface area (Å²) >= 11 is 8.30. The van der Waals surface area contributed by atoms with Crippen molar-refractivity contribution in [3.63, 3.8) is 0 Å². The second-order valence-corrected chi connectivity index (χ2v) is 7.05. The van der Waals surface area contributed by atoms with Gasteiger partial charge in [0.15, 0.2) is 0 Å². The molecule has 0 amide bonds. The standard InChI is InChI=1S/C17H30ClNS/c1-5-8-9-14(7-3)11-15(19-10-6-2)17-16(18)13(4)12-20-17/h12,14-15,19H,5-11H2,1-4H3. The molecule has 2 unspecified atom stereocenters. The van der Waals surface area contributed by atoms with Gasteiger partial charge in [-0.05, 0) is 43.2 Å². The number of aryl methyl sites for hydroxylation is 1. The van der Waals surface area contributed by atoms with E-state index in [2.05, 4.69) is 38.4 Å². The Labute approximate surface area is 134 Å². The van der Waals surface area contributed by atoms with Crippen molar-refractivity contribution in [2.45, 2.75) is 72.3 Å². The maximum absolute atomic E-state index is 6.48. The molecule has 0 saturated carbocycles. The molecule has 116 valence electrons. The van der Waals surface area contributed by atoms with Crippen LogP contribution in [0.2, 0.25) is 5.02 Å². The minimum absolute atomic E-state index is 0.433. The monoisotopic (exact) mass is 315 g/mol. The van der Waals surface area contributed by atoms with E-state index in [0.29, 0.717) is 6.04 Å². The average Bonchev–Trinajstić information content (AvgIpc) is 2.79. The zero-order chi connectivity index (χ0) is 15.0. The van der Waals surface area contributed by atoms with Crippen LogP contribution in [-0.4, -0.2) is 6.54 Å². The van der Waals surface area contributed by atoms with E-state index in [0.717, 1.165) is 17.5 Å². The Morgan fingerprint density at radius 2 is 2.00 bits per heavy atom. The molecule has 0 fully saturated rings. The Kier molecular flexibility index (Phi) is 8.83. The summed E-state index contributed by atoms with van der Waals surface area (Å²) in [6.07, 6.45) is 7.64. The zero-order valence-corrected chi connectivity index (χ0v) is 15.0. The lowest BCUT2D eigenvalue weighted by atomic mass is 9.91. The Bertz CT molecular complexity index is 375. The van der Waals surface area contributed by atoms with Gasteiger partial charge in [-0.1, -0.05) is 58.1 Å². The minimum Gasteiger partial charge on any atom is -0.309 e. The van der Waals surface area contributed by atoms with Crippen LogP contribution >= 0.6 is 22.9 Å². The van der Waals surface area contributed by atoms with Crippen LogP contribution in [0.25, 0.3) is 0 Å². The van der Waals surface area contributed by atoms with Gasteiger partial charge >= 0.3 is 0 Å². The molecule has 2 atom stereocenters. The van der Waals surface area contributed by atoms with Crippen molar-refractivity contribution >= 4 is 22.9 Å². The molecule has 20 heavy (non-hydrogen) atoms. The predicted octanol–water partition coefficient (Wildman–Crippen LogP) is 6.36. The summed E-state index contributed by atoms with van der Waals surface area (Å²) in [5, 5.41) is 6.87. The van der Waals surface area contributed by atoms with Crippen LogP contribution in [0, 0.1) is 12.8 Å². The number of nitrogens with one attached hydrogen (secondary N) is 1. The van der Waals surface area contributed by atoms with E-state index in [1.807, 2.05) is 11.3 Å². The summed E-state index contributed by atoms with van der Waals surface area (Å²) in [6, 6.07) is 0.433. The van der Waals surface area contributed by atoms with Gasteiger partial charge in [-0.2, -0.15) is 0 Å². The van der Waals surface area contributed by atoms with Crippen LogP contribution in [0.15, 0.2) is 5.38 Å². The summed E-state index contributed by atoms with van der Waals surface area (Å²) in [5.41, 5.74) is 1.22. The topological polar surface area (TPSA) is 12.0 Å². The zero-order valence-electron chi connectivity index (χ0n) is 13.5. The van der Waals surface area contributed by atoms with Crippen molar-refractivity contribution < 1.29 is 0 Å². The van der Waals surface area contributed by atoms with Crippen molar-refractivity contribution in [3.8, 4) is 0 Å². The lowest BCUT2D eigenvalue weighted by Gasteiger charge is -2.23. The molecule has 1 aromatic rings. The Morgan fingerprint density at radius 3 is 2.50 bits per heavy atom. The third-order valence-corrected chi connectivity index (χ3v) is 5.82. The minimum atomic E-state index is 0.433. The van der Waals surface area contributed by atoms with Crippen molar-refractivity contribution in [2.24, 2.45) is 5.92 Å². The Morgan fingerprint density at radius 1 is 1.25 bits per heavy atom. The average molecular weight is 316 g/mol. The lowest BCUT2D eigenvalue weighted by molar-refractivity contribution is 0.356. The van der Waals surface area contributed by atoms with Gasteiger partial charge in [0.2, 0.25) is 0 Å². The molecule has 0 saturated heterocycles.